The second kappa shape index (κ2) is 18.4. The summed E-state index contributed by atoms with van der Waals surface area (Å²) in [5.41, 5.74) is 0. The van der Waals surface area contributed by atoms with Gasteiger partial charge in [-0.3, -0.25) is 9.59 Å². The molecule has 1 N–H and O–H groups in total. The van der Waals surface area contributed by atoms with Crippen LogP contribution in [-0.4, -0.2) is 62.2 Å². The molecular weight excluding hydrogens is 308 g/mol. The first-order chi connectivity index (χ1) is 10.6. The summed E-state index contributed by atoms with van der Waals surface area (Å²) in [5.74, 6) is -1.04. The topological polar surface area (TPSA) is 108 Å². The average Bonchev–Trinajstić information content (AvgIpc) is 2.39. The molecule has 0 saturated carbocycles. The Morgan fingerprint density at radius 3 is 1.61 bits per heavy atom. The SMILES string of the molecule is CCOC(=O)C(C)O.CCOC(C)=O.COCC(C)OC(C)=O. The Kier molecular flexibility index (Phi) is 21.0. The Morgan fingerprint density at radius 1 is 0.957 bits per heavy atom. The van der Waals surface area contributed by atoms with Crippen molar-refractivity contribution in [3.05, 3.63) is 0 Å². The predicted molar refractivity (Wildman–Crippen MR) is 83.7 cm³/mol. The van der Waals surface area contributed by atoms with Crippen LogP contribution < -0.4 is 0 Å². The van der Waals surface area contributed by atoms with E-state index in [1.165, 1.54) is 20.8 Å². The lowest BCUT2D eigenvalue weighted by atomic mass is 10.4. The number of ether oxygens (including phenoxy) is 4. The van der Waals surface area contributed by atoms with Gasteiger partial charge in [0.15, 0.2) is 0 Å². The van der Waals surface area contributed by atoms with Crippen LogP contribution in [0.1, 0.15) is 41.5 Å². The minimum atomic E-state index is -0.991. The van der Waals surface area contributed by atoms with E-state index < -0.39 is 12.1 Å². The number of aliphatic hydroxyl groups is 1. The monoisotopic (exact) mass is 338 g/mol. The molecule has 0 aromatic heterocycles. The zero-order valence-corrected chi connectivity index (χ0v) is 15.1. The molecule has 0 bridgehead atoms. The number of hydrogen-bond donors (Lipinski definition) is 1. The van der Waals surface area contributed by atoms with Crippen LogP contribution in [0, 0.1) is 0 Å². The number of aliphatic hydroxyl groups excluding tert-OH is 1. The van der Waals surface area contributed by atoms with Gasteiger partial charge in [-0.05, 0) is 27.7 Å². The molecule has 138 valence electrons. The summed E-state index contributed by atoms with van der Waals surface area (Å²) >= 11 is 0. The smallest absolute Gasteiger partial charge is 0.334 e. The van der Waals surface area contributed by atoms with E-state index in [4.69, 9.17) is 14.6 Å². The van der Waals surface area contributed by atoms with Crippen LogP contribution in [0.15, 0.2) is 0 Å². The van der Waals surface area contributed by atoms with Crippen molar-refractivity contribution in [2.45, 2.75) is 53.8 Å². The minimum absolute atomic E-state index is 0.132. The first-order valence-electron chi connectivity index (χ1n) is 7.26. The van der Waals surface area contributed by atoms with E-state index >= 15 is 0 Å². The van der Waals surface area contributed by atoms with Gasteiger partial charge < -0.3 is 24.1 Å². The maximum atomic E-state index is 10.3. The van der Waals surface area contributed by atoms with Crippen molar-refractivity contribution in [2.75, 3.05) is 26.9 Å². The summed E-state index contributed by atoms with van der Waals surface area (Å²) in [4.78, 5) is 30.3. The molecule has 2 atom stereocenters. The maximum Gasteiger partial charge on any atom is 0.334 e. The van der Waals surface area contributed by atoms with E-state index in [1.807, 2.05) is 0 Å². The van der Waals surface area contributed by atoms with Gasteiger partial charge in [0.25, 0.3) is 0 Å². The largest absolute Gasteiger partial charge is 0.466 e. The summed E-state index contributed by atoms with van der Waals surface area (Å²) in [5, 5.41) is 8.48. The lowest BCUT2D eigenvalue weighted by Crippen LogP contribution is -2.18. The van der Waals surface area contributed by atoms with Gasteiger partial charge in [-0.1, -0.05) is 0 Å². The zero-order valence-electron chi connectivity index (χ0n) is 15.1. The Hall–Kier alpha value is -1.67. The van der Waals surface area contributed by atoms with Crippen LogP contribution in [0.4, 0.5) is 0 Å². The highest BCUT2D eigenvalue weighted by atomic mass is 16.6. The molecule has 8 nitrogen and oxygen atoms in total. The molecule has 0 fully saturated rings. The summed E-state index contributed by atoms with van der Waals surface area (Å²) in [6.45, 7) is 10.7. The number of esters is 3. The van der Waals surface area contributed by atoms with Gasteiger partial charge in [-0.25, -0.2) is 4.79 Å². The van der Waals surface area contributed by atoms with Gasteiger partial charge in [0.1, 0.15) is 12.2 Å². The molecule has 0 saturated heterocycles. The van der Waals surface area contributed by atoms with Crippen molar-refractivity contribution in [3.63, 3.8) is 0 Å². The second-order valence-corrected chi connectivity index (χ2v) is 4.23. The van der Waals surface area contributed by atoms with E-state index in [0.717, 1.165) is 0 Å². The number of carbonyl (C=O) groups excluding carboxylic acids is 3. The lowest BCUT2D eigenvalue weighted by Gasteiger charge is -2.08. The summed E-state index contributed by atoms with van der Waals surface area (Å²) in [6, 6.07) is 0. The molecule has 0 aliphatic heterocycles. The zero-order chi connectivity index (χ0) is 18.8. The fourth-order valence-corrected chi connectivity index (χ4v) is 1.02. The number of rotatable bonds is 6. The summed E-state index contributed by atoms with van der Waals surface area (Å²) < 4.78 is 18.3. The molecule has 0 aromatic carbocycles. The molecule has 0 heterocycles. The molecule has 0 radical (unpaired) electrons. The fourth-order valence-electron chi connectivity index (χ4n) is 1.02. The average molecular weight is 338 g/mol. The van der Waals surface area contributed by atoms with Crippen molar-refractivity contribution < 1.29 is 38.4 Å². The van der Waals surface area contributed by atoms with Crippen molar-refractivity contribution in [3.8, 4) is 0 Å². The van der Waals surface area contributed by atoms with Crippen LogP contribution in [0.5, 0.6) is 0 Å². The molecule has 0 aliphatic carbocycles. The van der Waals surface area contributed by atoms with Crippen molar-refractivity contribution in [1.82, 2.24) is 0 Å². The van der Waals surface area contributed by atoms with Crippen LogP contribution >= 0.6 is 0 Å². The number of carbonyl (C=O) groups is 3. The van der Waals surface area contributed by atoms with Gasteiger partial charge in [-0.15, -0.1) is 0 Å². The normalized spacial score (nSPS) is 11.5. The minimum Gasteiger partial charge on any atom is -0.466 e. The lowest BCUT2D eigenvalue weighted by molar-refractivity contribution is -0.152. The van der Waals surface area contributed by atoms with E-state index in [-0.39, 0.29) is 18.0 Å². The van der Waals surface area contributed by atoms with Gasteiger partial charge in [-0.2, -0.15) is 0 Å². The van der Waals surface area contributed by atoms with Crippen molar-refractivity contribution >= 4 is 17.9 Å². The number of hydrogen-bond acceptors (Lipinski definition) is 8. The molecule has 0 amide bonds. The number of methoxy groups -OCH3 is 1. The molecule has 2 unspecified atom stereocenters. The van der Waals surface area contributed by atoms with Gasteiger partial charge in [0.05, 0.1) is 19.8 Å². The Balaban J connectivity index is -0.000000266. The Bertz CT molecular complexity index is 315. The molecule has 8 heteroatoms. The van der Waals surface area contributed by atoms with Crippen LogP contribution in [0.3, 0.4) is 0 Å². The van der Waals surface area contributed by atoms with E-state index in [2.05, 4.69) is 9.47 Å². The third-order valence-corrected chi connectivity index (χ3v) is 1.74. The van der Waals surface area contributed by atoms with Gasteiger partial charge in [0.2, 0.25) is 0 Å². The Morgan fingerprint density at radius 2 is 1.43 bits per heavy atom. The molecule has 0 rings (SSSR count). The molecule has 0 aromatic rings. The molecular formula is C15H30O8. The third-order valence-electron chi connectivity index (χ3n) is 1.74. The van der Waals surface area contributed by atoms with Crippen LogP contribution in [0.25, 0.3) is 0 Å². The highest BCUT2D eigenvalue weighted by molar-refractivity contribution is 5.73. The predicted octanol–water partition coefficient (Wildman–Crippen LogP) is 1.08. The van der Waals surface area contributed by atoms with E-state index in [0.29, 0.717) is 19.8 Å². The quantitative estimate of drug-likeness (QED) is 0.566. The fraction of sp³-hybridized carbons (Fsp3) is 0.800. The maximum absolute atomic E-state index is 10.3. The van der Waals surface area contributed by atoms with Crippen LogP contribution in [0.2, 0.25) is 0 Å². The molecule has 0 spiro atoms. The van der Waals surface area contributed by atoms with E-state index in [1.54, 1.807) is 27.9 Å². The van der Waals surface area contributed by atoms with Gasteiger partial charge >= 0.3 is 17.9 Å². The van der Waals surface area contributed by atoms with Crippen molar-refractivity contribution in [1.29, 1.82) is 0 Å². The molecule has 0 aliphatic rings. The van der Waals surface area contributed by atoms with Gasteiger partial charge in [0, 0.05) is 21.0 Å². The summed E-state index contributed by atoms with van der Waals surface area (Å²) in [7, 11) is 1.57. The molecule has 23 heavy (non-hydrogen) atoms. The van der Waals surface area contributed by atoms with E-state index in [9.17, 15) is 14.4 Å². The Labute approximate surface area is 138 Å². The third kappa shape index (κ3) is 29.1. The highest BCUT2D eigenvalue weighted by Crippen LogP contribution is 1.90. The second-order valence-electron chi connectivity index (χ2n) is 4.23. The highest BCUT2D eigenvalue weighted by Gasteiger charge is 2.07. The standard InChI is InChI=1S/C6H12O3.C5H10O3.C4H8O2/c1-5(4-8-3)9-6(2)7;1-3-8-5(7)4(2)6;1-3-6-4(2)5/h5H,4H2,1-3H3;4,6H,3H2,1-2H3;3H2,1-2H3. The van der Waals surface area contributed by atoms with Crippen LogP contribution in [-0.2, 0) is 33.3 Å². The first kappa shape index (κ1) is 26.2. The van der Waals surface area contributed by atoms with Crippen molar-refractivity contribution in [2.24, 2.45) is 0 Å². The summed E-state index contributed by atoms with van der Waals surface area (Å²) in [6.07, 6.45) is -1.12. The first-order valence-corrected chi connectivity index (χ1v) is 7.26.